The predicted octanol–water partition coefficient (Wildman–Crippen LogP) is 2.91. The van der Waals surface area contributed by atoms with Crippen molar-refractivity contribution < 1.29 is 0 Å². The van der Waals surface area contributed by atoms with Crippen LogP contribution < -0.4 is 5.32 Å². The molecule has 1 rings (SSSR count). The Kier molecular flexibility index (Phi) is 4.88. The molecule has 0 fully saturated rings. The van der Waals surface area contributed by atoms with Gasteiger partial charge in [0.25, 0.3) is 0 Å². The van der Waals surface area contributed by atoms with Gasteiger partial charge in [0.2, 0.25) is 0 Å². The van der Waals surface area contributed by atoms with Gasteiger partial charge in [-0.05, 0) is 39.3 Å². The lowest BCUT2D eigenvalue weighted by Gasteiger charge is -2.22. The summed E-state index contributed by atoms with van der Waals surface area (Å²) in [6, 6.07) is 0.148. The lowest BCUT2D eigenvalue weighted by Crippen LogP contribution is -2.30. The molecule has 1 aromatic heterocycles. The van der Waals surface area contributed by atoms with E-state index in [-0.39, 0.29) is 11.5 Å². The highest BCUT2D eigenvalue weighted by Gasteiger charge is 2.17. The number of hydrogen-bond donors (Lipinski definition) is 2. The number of aryl methyl sites for hydroxylation is 1. The molecule has 4 nitrogen and oxygen atoms in total. The summed E-state index contributed by atoms with van der Waals surface area (Å²) < 4.78 is 0. The van der Waals surface area contributed by atoms with Crippen LogP contribution in [0.4, 0.5) is 0 Å². The number of aromatic nitrogens is 3. The number of hydrogen-bond acceptors (Lipinski definition) is 3. The number of aromatic amines is 1. The van der Waals surface area contributed by atoms with Crippen LogP contribution in [0.2, 0.25) is 0 Å². The van der Waals surface area contributed by atoms with Crippen molar-refractivity contribution in [3.8, 4) is 0 Å². The van der Waals surface area contributed by atoms with Crippen LogP contribution in [0.15, 0.2) is 17.4 Å². The van der Waals surface area contributed by atoms with Gasteiger partial charge in [-0.2, -0.15) is 5.10 Å². The molecule has 0 aromatic carbocycles. The summed E-state index contributed by atoms with van der Waals surface area (Å²) in [7, 11) is 0. The predicted molar refractivity (Wildman–Crippen MR) is 74.3 cm³/mol. The van der Waals surface area contributed by atoms with Crippen molar-refractivity contribution in [3.63, 3.8) is 0 Å². The minimum absolute atomic E-state index is 0.0664. The normalized spacial score (nSPS) is 13.0. The molecule has 0 aliphatic rings. The molecule has 100 valence electrons. The Labute approximate surface area is 110 Å². The van der Waals surface area contributed by atoms with Gasteiger partial charge in [-0.15, -0.1) is 5.73 Å². The van der Waals surface area contributed by atoms with Crippen LogP contribution in [0.3, 0.4) is 0 Å². The second-order valence-electron chi connectivity index (χ2n) is 5.66. The highest BCUT2D eigenvalue weighted by Crippen LogP contribution is 2.17. The van der Waals surface area contributed by atoms with Gasteiger partial charge in [0.15, 0.2) is 5.82 Å². The van der Waals surface area contributed by atoms with Gasteiger partial charge >= 0.3 is 0 Å². The van der Waals surface area contributed by atoms with Crippen molar-refractivity contribution in [2.75, 3.05) is 6.54 Å². The highest BCUT2D eigenvalue weighted by molar-refractivity contribution is 5.02. The zero-order chi connectivity index (χ0) is 13.8. The van der Waals surface area contributed by atoms with E-state index < -0.39 is 0 Å². The average Bonchev–Trinajstić information content (AvgIpc) is 2.70. The van der Waals surface area contributed by atoms with Crippen molar-refractivity contribution in [3.05, 3.63) is 29.0 Å². The zero-order valence-corrected chi connectivity index (χ0v) is 12.3. The minimum Gasteiger partial charge on any atom is -0.307 e. The van der Waals surface area contributed by atoms with Crippen LogP contribution >= 0.6 is 0 Å². The van der Waals surface area contributed by atoms with Crippen LogP contribution in [0.25, 0.3) is 0 Å². The average molecular weight is 248 g/mol. The minimum atomic E-state index is 0.0664. The molecule has 0 spiro atoms. The van der Waals surface area contributed by atoms with E-state index in [2.05, 4.69) is 66.9 Å². The molecule has 1 aromatic rings. The van der Waals surface area contributed by atoms with E-state index in [1.807, 2.05) is 6.92 Å². The smallest absolute Gasteiger partial charge is 0.167 e. The maximum absolute atomic E-state index is 4.33. The van der Waals surface area contributed by atoms with E-state index in [4.69, 9.17) is 0 Å². The lowest BCUT2D eigenvalue weighted by atomic mass is 9.93. The van der Waals surface area contributed by atoms with Gasteiger partial charge in [0.05, 0.1) is 6.04 Å². The molecule has 1 heterocycles. The first-order chi connectivity index (χ1) is 8.30. The Balaban J connectivity index is 2.57. The van der Waals surface area contributed by atoms with Crippen LogP contribution in [0.1, 0.15) is 52.3 Å². The third-order valence-electron chi connectivity index (χ3n) is 2.62. The fourth-order valence-electron chi connectivity index (χ4n) is 1.45. The third-order valence-corrected chi connectivity index (χ3v) is 2.62. The number of nitrogens with zero attached hydrogens (tertiary/aromatic N) is 2. The largest absolute Gasteiger partial charge is 0.307 e. The van der Waals surface area contributed by atoms with Gasteiger partial charge in [0.1, 0.15) is 5.82 Å². The van der Waals surface area contributed by atoms with Crippen LogP contribution in [-0.2, 0) is 0 Å². The fraction of sp³-hybridized carbons (Fsp3) is 0.643. The molecule has 2 N–H and O–H groups in total. The molecule has 0 amide bonds. The lowest BCUT2D eigenvalue weighted by molar-refractivity contribution is 0.399. The van der Waals surface area contributed by atoms with E-state index in [1.54, 1.807) is 0 Å². The second-order valence-corrected chi connectivity index (χ2v) is 5.66. The van der Waals surface area contributed by atoms with E-state index in [0.717, 1.165) is 18.2 Å². The first-order valence-electron chi connectivity index (χ1n) is 6.33. The Morgan fingerprint density at radius 2 is 2.17 bits per heavy atom. The Morgan fingerprint density at radius 1 is 1.50 bits per heavy atom. The zero-order valence-electron chi connectivity index (χ0n) is 12.3. The van der Waals surface area contributed by atoms with Gasteiger partial charge in [0, 0.05) is 12.0 Å². The highest BCUT2D eigenvalue weighted by atomic mass is 15.2. The molecule has 0 saturated carbocycles. The summed E-state index contributed by atoms with van der Waals surface area (Å²) in [5, 5.41) is 10.5. The van der Waals surface area contributed by atoms with Crippen molar-refractivity contribution in [1.82, 2.24) is 20.5 Å². The van der Waals surface area contributed by atoms with Crippen molar-refractivity contribution in [2.24, 2.45) is 5.41 Å². The van der Waals surface area contributed by atoms with E-state index >= 15 is 0 Å². The van der Waals surface area contributed by atoms with Gasteiger partial charge in [-0.1, -0.05) is 13.8 Å². The maximum Gasteiger partial charge on any atom is 0.167 e. The Morgan fingerprint density at radius 3 is 2.67 bits per heavy atom. The first kappa shape index (κ1) is 14.7. The summed E-state index contributed by atoms with van der Waals surface area (Å²) in [5.41, 5.74) is 4.53. The van der Waals surface area contributed by atoms with Gasteiger partial charge in [-0.25, -0.2) is 4.98 Å². The number of H-pyrrole nitrogens is 1. The molecule has 0 saturated heterocycles. The molecule has 0 bridgehead atoms. The standard InChI is InChI=1S/C14H24N4/c1-10(2)7-8-14(5,6)9-15-11(3)13-16-12(4)17-18-13/h8,11,15H,9H2,1-6H3,(H,16,17,18). The van der Waals surface area contributed by atoms with Crippen LogP contribution in [0, 0.1) is 12.3 Å². The summed E-state index contributed by atoms with van der Waals surface area (Å²) >= 11 is 0. The summed E-state index contributed by atoms with van der Waals surface area (Å²) in [6.07, 6.45) is 2.12. The third kappa shape index (κ3) is 4.86. The van der Waals surface area contributed by atoms with E-state index in [0.29, 0.717) is 0 Å². The monoisotopic (exact) mass is 248 g/mol. The molecule has 4 heteroatoms. The summed E-state index contributed by atoms with van der Waals surface area (Å²) in [4.78, 5) is 4.33. The Hall–Kier alpha value is -1.38. The second kappa shape index (κ2) is 5.98. The molecule has 0 aliphatic heterocycles. The van der Waals surface area contributed by atoms with Crippen molar-refractivity contribution in [2.45, 2.75) is 47.6 Å². The van der Waals surface area contributed by atoms with Crippen molar-refractivity contribution in [1.29, 1.82) is 0 Å². The molecular formula is C14H24N4. The summed E-state index contributed by atoms with van der Waals surface area (Å²) in [6.45, 7) is 13.3. The maximum atomic E-state index is 4.33. The number of nitrogens with one attached hydrogen (secondary N) is 2. The van der Waals surface area contributed by atoms with Crippen LogP contribution in [0.5, 0.6) is 0 Å². The molecular weight excluding hydrogens is 224 g/mol. The SMILES string of the molecule is CC(C)=C=CC(C)(C)CNC(C)c1n[nH]c(C)n1. The molecule has 1 unspecified atom stereocenters. The Bertz CT molecular complexity index is 446. The number of rotatable bonds is 5. The van der Waals surface area contributed by atoms with Crippen molar-refractivity contribution >= 4 is 0 Å². The fourth-order valence-corrected chi connectivity index (χ4v) is 1.45. The molecule has 1 atom stereocenters. The van der Waals surface area contributed by atoms with Gasteiger partial charge < -0.3 is 5.32 Å². The first-order valence-corrected chi connectivity index (χ1v) is 6.33. The molecule has 0 aliphatic carbocycles. The van der Waals surface area contributed by atoms with Gasteiger partial charge in [-0.3, -0.25) is 5.10 Å². The van der Waals surface area contributed by atoms with E-state index in [9.17, 15) is 0 Å². The molecule has 0 radical (unpaired) electrons. The van der Waals surface area contributed by atoms with E-state index in [1.165, 1.54) is 5.57 Å². The summed E-state index contributed by atoms with van der Waals surface area (Å²) in [5.74, 6) is 1.66. The molecule has 18 heavy (non-hydrogen) atoms. The topological polar surface area (TPSA) is 53.6 Å². The quantitative estimate of drug-likeness (QED) is 0.788. The van der Waals surface area contributed by atoms with Crippen LogP contribution in [-0.4, -0.2) is 21.7 Å².